The molecule has 6 aliphatic heterocycles. The Morgan fingerprint density at radius 3 is 0.714 bits per heavy atom. The molecule has 7 heteroatoms. The summed E-state index contributed by atoms with van der Waals surface area (Å²) in [6.45, 7) is 66.0. The Balaban J connectivity index is -0.0000000628. The van der Waals surface area contributed by atoms with Crippen molar-refractivity contribution in [1.29, 1.82) is 0 Å². The number of nitrogens with zero attached hydrogens (tertiary/aromatic N) is 6. The van der Waals surface area contributed by atoms with Crippen molar-refractivity contribution < 1.29 is 4.74 Å². The number of likely N-dealkylation sites (N-methyl/N-ethyl adjacent to an activating group) is 2. The van der Waals surface area contributed by atoms with Crippen LogP contribution in [-0.2, 0) is 4.74 Å². The quantitative estimate of drug-likeness (QED) is 0.245. The van der Waals surface area contributed by atoms with Crippen LogP contribution in [0.25, 0.3) is 0 Å². The fourth-order valence-corrected chi connectivity index (χ4v) is 6.42. The second kappa shape index (κ2) is 84.8. The lowest BCUT2D eigenvalue weighted by molar-refractivity contribution is 0.0405. The van der Waals surface area contributed by atoms with E-state index in [0.29, 0.717) is 0 Å². The highest BCUT2D eigenvalue weighted by Gasteiger charge is 2.10. The molecule has 396 valence electrons. The van der Waals surface area contributed by atoms with Gasteiger partial charge < -0.3 is 24.3 Å². The molecule has 0 bridgehead atoms. The van der Waals surface area contributed by atoms with E-state index in [4.69, 9.17) is 4.74 Å². The van der Waals surface area contributed by atoms with E-state index in [2.05, 4.69) is 83.1 Å². The molecule has 6 rings (SSSR count). The van der Waals surface area contributed by atoms with Crippen LogP contribution in [-0.4, -0.2) is 160 Å². The second-order valence-electron chi connectivity index (χ2n) is 13.5. The van der Waals surface area contributed by atoms with Crippen LogP contribution in [0.4, 0.5) is 0 Å². The summed E-state index contributed by atoms with van der Waals surface area (Å²) in [5, 5.41) is 0. The van der Waals surface area contributed by atoms with Crippen molar-refractivity contribution in [3.05, 3.63) is 12.2 Å². The highest BCUT2D eigenvalue weighted by Crippen LogP contribution is 2.09. The van der Waals surface area contributed by atoms with Crippen molar-refractivity contribution in [3.63, 3.8) is 0 Å². The molecule has 0 saturated carbocycles. The Morgan fingerprint density at radius 2 is 0.524 bits per heavy atom. The van der Waals surface area contributed by atoms with E-state index in [1.807, 2.05) is 96.9 Å². The van der Waals surface area contributed by atoms with Gasteiger partial charge in [0.25, 0.3) is 0 Å². The van der Waals surface area contributed by atoms with Crippen LogP contribution in [0.2, 0.25) is 0 Å². The van der Waals surface area contributed by atoms with Gasteiger partial charge in [0.15, 0.2) is 0 Å². The van der Waals surface area contributed by atoms with Crippen molar-refractivity contribution in [2.24, 2.45) is 0 Å². The van der Waals surface area contributed by atoms with Gasteiger partial charge in [-0.15, -0.1) is 0 Å². The summed E-state index contributed by atoms with van der Waals surface area (Å²) >= 11 is 0. The lowest BCUT2D eigenvalue weighted by Crippen LogP contribution is -2.36. The molecule has 0 amide bonds. The van der Waals surface area contributed by atoms with Gasteiger partial charge in [-0.2, -0.15) is 0 Å². The Kier molecular flexibility index (Phi) is 115. The summed E-state index contributed by atoms with van der Waals surface area (Å²) < 4.78 is 5.16. The number of piperidine rings is 1. The summed E-state index contributed by atoms with van der Waals surface area (Å²) in [4.78, 5) is 14.8. The Hall–Kier alpha value is -0.540. The highest BCUT2D eigenvalue weighted by atomic mass is 16.5. The first-order valence-corrected chi connectivity index (χ1v) is 27.2. The molecule has 0 spiro atoms. The zero-order valence-corrected chi connectivity index (χ0v) is 46.2. The molecule has 0 atom stereocenters. The predicted molar refractivity (Wildman–Crippen MR) is 303 cm³/mol. The zero-order chi connectivity index (χ0) is 47.5. The zero-order valence-electron chi connectivity index (χ0n) is 46.2. The maximum absolute atomic E-state index is 5.16. The predicted octanol–water partition coefficient (Wildman–Crippen LogP) is 15.9. The van der Waals surface area contributed by atoms with E-state index in [-0.39, 0.29) is 22.3 Å². The highest BCUT2D eigenvalue weighted by molar-refractivity contribution is 4.90. The van der Waals surface area contributed by atoms with Crippen LogP contribution in [0, 0.1) is 0 Å². The molecule has 0 radical (unpaired) electrons. The number of rotatable bonds is 6. The summed E-state index contributed by atoms with van der Waals surface area (Å²) in [6.07, 6.45) is 20.1. The SMILES string of the molecule is C.C.C.CC.CC.CC.CC.CC.CC.CC.CCN1CC=CCC1.CCN1CCC1.CCN1CCCC1.CCN1CCCCC1.CCN1CCCCCC1.CCN1CCOCC1. The van der Waals surface area contributed by atoms with Gasteiger partial charge in [-0.1, -0.05) is 192 Å². The third kappa shape index (κ3) is 65.8. The molecule has 7 nitrogen and oxygen atoms in total. The second-order valence-corrected chi connectivity index (χ2v) is 13.5. The first kappa shape index (κ1) is 85.7. The minimum absolute atomic E-state index is 0. The molecule has 0 unspecified atom stereocenters. The van der Waals surface area contributed by atoms with Crippen molar-refractivity contribution in [1.82, 2.24) is 29.4 Å². The lowest BCUT2D eigenvalue weighted by atomic mass is 10.1. The van der Waals surface area contributed by atoms with Gasteiger partial charge in [-0.05, 0) is 143 Å². The topological polar surface area (TPSA) is 28.7 Å². The molecule has 6 heterocycles. The average molecular weight is 910 g/mol. The van der Waals surface area contributed by atoms with Crippen LogP contribution in [0.15, 0.2) is 12.2 Å². The first-order valence-electron chi connectivity index (χ1n) is 27.2. The van der Waals surface area contributed by atoms with E-state index in [1.54, 1.807) is 0 Å². The largest absolute Gasteiger partial charge is 0.379 e. The smallest absolute Gasteiger partial charge is 0.0594 e. The van der Waals surface area contributed by atoms with Crippen LogP contribution in [0.1, 0.15) is 231 Å². The third-order valence-corrected chi connectivity index (χ3v) is 10.2. The van der Waals surface area contributed by atoms with Gasteiger partial charge in [0.2, 0.25) is 0 Å². The van der Waals surface area contributed by atoms with Gasteiger partial charge in [-0.3, -0.25) is 9.80 Å². The number of hydrogen-bond acceptors (Lipinski definition) is 7. The van der Waals surface area contributed by atoms with E-state index in [1.165, 1.54) is 169 Å². The van der Waals surface area contributed by atoms with Crippen molar-refractivity contribution in [3.8, 4) is 0 Å². The lowest BCUT2D eigenvalue weighted by Gasteiger charge is -2.28. The summed E-state index contributed by atoms with van der Waals surface area (Å²) in [5.41, 5.74) is 0. The first-order chi connectivity index (χ1) is 29.6. The van der Waals surface area contributed by atoms with Gasteiger partial charge in [0.05, 0.1) is 13.2 Å². The van der Waals surface area contributed by atoms with Crippen molar-refractivity contribution >= 4 is 0 Å². The fourth-order valence-electron chi connectivity index (χ4n) is 6.42. The molecular weight excluding hydrogens is 773 g/mol. The fraction of sp³-hybridized carbons (Fsp3) is 0.964. The minimum Gasteiger partial charge on any atom is -0.379 e. The van der Waals surface area contributed by atoms with Crippen LogP contribution < -0.4 is 0 Å². The molecule has 5 saturated heterocycles. The summed E-state index contributed by atoms with van der Waals surface area (Å²) in [6, 6.07) is 0. The molecule has 63 heavy (non-hydrogen) atoms. The molecule has 0 aromatic rings. The molecule has 6 aliphatic rings. The maximum Gasteiger partial charge on any atom is 0.0594 e. The molecular formula is C56H136N6O. The summed E-state index contributed by atoms with van der Waals surface area (Å²) in [7, 11) is 0. The van der Waals surface area contributed by atoms with Gasteiger partial charge in [-0.25, -0.2) is 0 Å². The molecule has 0 aliphatic carbocycles. The van der Waals surface area contributed by atoms with Crippen LogP contribution in [0.3, 0.4) is 0 Å². The van der Waals surface area contributed by atoms with E-state index in [9.17, 15) is 0 Å². The third-order valence-electron chi connectivity index (χ3n) is 10.2. The Morgan fingerprint density at radius 1 is 0.286 bits per heavy atom. The molecule has 5 fully saturated rings. The molecule has 0 N–H and O–H groups in total. The average Bonchev–Trinajstić information content (AvgIpc) is 3.76. The number of morpholine rings is 1. The standard InChI is InChI=1S/C8H17N.C7H15N.C7H13N.C6H13NO.C6H13N.C5H11N.7C2H6.3CH4/c1-2-9-7-5-3-4-6-8-9;2*1-2-8-6-4-3-5-7-8;1-2-7-3-5-8-6-4-7;1-2-7-5-3-4-6-7;1-2-6-4-3-5-6;7*1-2;;;/h2-8H2,1H3;2-7H2,1H3;3-4H,2,5-7H2,1H3;2-6H2,1H3;2-6H2,1H3;2-5H2,1H3;7*1-2H3;3*1H4. The van der Waals surface area contributed by atoms with E-state index >= 15 is 0 Å². The number of likely N-dealkylation sites (tertiary alicyclic amines) is 4. The number of ether oxygens (including phenoxy) is 1. The van der Waals surface area contributed by atoms with Crippen LogP contribution in [0.5, 0.6) is 0 Å². The summed E-state index contributed by atoms with van der Waals surface area (Å²) in [5.74, 6) is 0. The Bertz CT molecular complexity index is 617. The van der Waals surface area contributed by atoms with Gasteiger partial charge >= 0.3 is 0 Å². The van der Waals surface area contributed by atoms with Crippen molar-refractivity contribution in [2.45, 2.75) is 231 Å². The Labute approximate surface area is 407 Å². The monoisotopic (exact) mass is 909 g/mol. The maximum atomic E-state index is 5.16. The molecule has 0 aromatic heterocycles. The van der Waals surface area contributed by atoms with E-state index in [0.717, 1.165) is 32.8 Å². The van der Waals surface area contributed by atoms with Gasteiger partial charge in [0, 0.05) is 26.2 Å². The molecule has 0 aromatic carbocycles. The van der Waals surface area contributed by atoms with Crippen LogP contribution >= 0.6 is 0 Å². The minimum atomic E-state index is 0. The van der Waals surface area contributed by atoms with E-state index < -0.39 is 0 Å². The van der Waals surface area contributed by atoms with Crippen molar-refractivity contribution in [2.75, 3.05) is 131 Å². The normalized spacial score (nSPS) is 17.7. The van der Waals surface area contributed by atoms with Gasteiger partial charge in [0.1, 0.15) is 0 Å². The number of hydrogen-bond donors (Lipinski definition) is 0.